The van der Waals surface area contributed by atoms with Crippen LogP contribution in [0.4, 0.5) is 13.2 Å². The van der Waals surface area contributed by atoms with Gasteiger partial charge >= 0.3 is 6.18 Å². The summed E-state index contributed by atoms with van der Waals surface area (Å²) in [6.07, 6.45) is -3.10. The van der Waals surface area contributed by atoms with Gasteiger partial charge in [-0.1, -0.05) is 12.1 Å². The number of alkyl halides is 3. The lowest BCUT2D eigenvalue weighted by Gasteiger charge is -2.08. The molecule has 2 rings (SSSR count). The van der Waals surface area contributed by atoms with Gasteiger partial charge in [-0.2, -0.15) is 13.2 Å². The Bertz CT molecular complexity index is 603. The molecule has 0 aliphatic rings. The first-order valence-corrected chi connectivity index (χ1v) is 5.52. The Morgan fingerprint density at radius 2 is 1.84 bits per heavy atom. The molecule has 0 fully saturated rings. The van der Waals surface area contributed by atoms with Crippen molar-refractivity contribution in [2.75, 3.05) is 0 Å². The highest BCUT2D eigenvalue weighted by atomic mass is 19.4. The van der Waals surface area contributed by atoms with Crippen molar-refractivity contribution < 1.29 is 18.0 Å². The SMILES string of the molecule is Cc1ccc(C(=O)c2cccc(C(F)(F)F)c2)cn1. The zero-order valence-electron chi connectivity index (χ0n) is 10.0. The van der Waals surface area contributed by atoms with E-state index in [0.29, 0.717) is 0 Å². The maximum atomic E-state index is 12.6. The quantitative estimate of drug-likeness (QED) is 0.776. The number of carbonyl (C=O) groups is 1. The predicted octanol–water partition coefficient (Wildman–Crippen LogP) is 3.64. The fraction of sp³-hybridized carbons (Fsp3) is 0.143. The monoisotopic (exact) mass is 265 g/mol. The zero-order valence-corrected chi connectivity index (χ0v) is 10.0. The molecular formula is C14H10F3NO. The first-order valence-electron chi connectivity index (χ1n) is 5.52. The molecule has 1 aromatic carbocycles. The Labute approximate surface area is 107 Å². The molecule has 0 radical (unpaired) electrons. The van der Waals surface area contributed by atoms with Crippen molar-refractivity contribution in [3.63, 3.8) is 0 Å². The normalized spacial score (nSPS) is 11.4. The molecule has 0 unspecified atom stereocenters. The van der Waals surface area contributed by atoms with Gasteiger partial charge in [-0.3, -0.25) is 9.78 Å². The minimum Gasteiger partial charge on any atom is -0.289 e. The molecule has 0 atom stereocenters. The highest BCUT2D eigenvalue weighted by molar-refractivity contribution is 6.08. The Morgan fingerprint density at radius 3 is 2.42 bits per heavy atom. The van der Waals surface area contributed by atoms with Gasteiger partial charge < -0.3 is 0 Å². The van der Waals surface area contributed by atoms with Crippen LogP contribution in [0.5, 0.6) is 0 Å². The molecule has 2 aromatic rings. The molecule has 1 aromatic heterocycles. The van der Waals surface area contributed by atoms with Gasteiger partial charge in [0.1, 0.15) is 0 Å². The van der Waals surface area contributed by atoms with Crippen LogP contribution in [0.2, 0.25) is 0 Å². The summed E-state index contributed by atoms with van der Waals surface area (Å²) in [5.74, 6) is -0.474. The highest BCUT2D eigenvalue weighted by Crippen LogP contribution is 2.29. The van der Waals surface area contributed by atoms with Crippen molar-refractivity contribution in [1.82, 2.24) is 4.98 Å². The van der Waals surface area contributed by atoms with Crippen LogP contribution in [0.15, 0.2) is 42.6 Å². The largest absolute Gasteiger partial charge is 0.416 e. The van der Waals surface area contributed by atoms with Crippen LogP contribution >= 0.6 is 0 Å². The molecule has 0 N–H and O–H groups in total. The van der Waals surface area contributed by atoms with Crippen molar-refractivity contribution in [2.24, 2.45) is 0 Å². The van der Waals surface area contributed by atoms with E-state index in [2.05, 4.69) is 4.98 Å². The first kappa shape index (κ1) is 13.3. The molecule has 98 valence electrons. The average Bonchev–Trinajstić information content (AvgIpc) is 2.38. The number of rotatable bonds is 2. The van der Waals surface area contributed by atoms with Gasteiger partial charge in [0.15, 0.2) is 5.78 Å². The van der Waals surface area contributed by atoms with E-state index in [1.54, 1.807) is 19.1 Å². The smallest absolute Gasteiger partial charge is 0.289 e. The fourth-order valence-electron chi connectivity index (χ4n) is 1.61. The molecule has 0 amide bonds. The summed E-state index contributed by atoms with van der Waals surface area (Å²) in [7, 11) is 0. The molecule has 2 nitrogen and oxygen atoms in total. The van der Waals surface area contributed by atoms with Crippen LogP contribution in [-0.4, -0.2) is 10.8 Å². The summed E-state index contributed by atoms with van der Waals surface area (Å²) >= 11 is 0. The van der Waals surface area contributed by atoms with Gasteiger partial charge in [0.05, 0.1) is 5.56 Å². The Balaban J connectivity index is 2.37. The topological polar surface area (TPSA) is 30.0 Å². The van der Waals surface area contributed by atoms with Crippen LogP contribution in [0.1, 0.15) is 27.2 Å². The summed E-state index contributed by atoms with van der Waals surface area (Å²) in [5.41, 5.74) is 0.171. The number of ketones is 1. The third-order valence-corrected chi connectivity index (χ3v) is 2.63. The van der Waals surface area contributed by atoms with Gasteiger partial charge in [-0.15, -0.1) is 0 Å². The minimum atomic E-state index is -4.46. The molecule has 0 aliphatic heterocycles. The van der Waals surface area contributed by atoms with E-state index in [4.69, 9.17) is 0 Å². The maximum absolute atomic E-state index is 12.6. The third-order valence-electron chi connectivity index (χ3n) is 2.63. The highest BCUT2D eigenvalue weighted by Gasteiger charge is 2.30. The number of nitrogens with zero attached hydrogens (tertiary/aromatic N) is 1. The van der Waals surface area contributed by atoms with Gasteiger partial charge in [0.2, 0.25) is 0 Å². The summed E-state index contributed by atoms with van der Waals surface area (Å²) in [6, 6.07) is 7.55. The van der Waals surface area contributed by atoms with E-state index >= 15 is 0 Å². The third kappa shape index (κ3) is 2.99. The molecule has 0 aliphatic carbocycles. The standard InChI is InChI=1S/C14H10F3NO/c1-9-5-6-11(8-18-9)13(19)10-3-2-4-12(7-10)14(15,16)17/h2-8H,1H3. The summed E-state index contributed by atoms with van der Waals surface area (Å²) in [5, 5.41) is 0. The van der Waals surface area contributed by atoms with Crippen molar-refractivity contribution in [3.05, 3.63) is 65.0 Å². The van der Waals surface area contributed by atoms with Gasteiger partial charge in [0, 0.05) is 23.0 Å². The second-order valence-electron chi connectivity index (χ2n) is 4.10. The summed E-state index contributed by atoms with van der Waals surface area (Å²) < 4.78 is 37.7. The van der Waals surface area contributed by atoms with Crippen molar-refractivity contribution in [2.45, 2.75) is 13.1 Å². The summed E-state index contributed by atoms with van der Waals surface area (Å²) in [4.78, 5) is 16.0. The van der Waals surface area contributed by atoms with Crippen LogP contribution in [-0.2, 0) is 6.18 Å². The number of aryl methyl sites for hydroxylation is 1. The Hall–Kier alpha value is -2.17. The van der Waals surface area contributed by atoms with Gasteiger partial charge in [-0.05, 0) is 31.2 Å². The van der Waals surface area contributed by atoms with Crippen LogP contribution in [0, 0.1) is 6.92 Å². The van der Waals surface area contributed by atoms with E-state index in [0.717, 1.165) is 17.8 Å². The maximum Gasteiger partial charge on any atom is 0.416 e. The summed E-state index contributed by atoms with van der Waals surface area (Å²) in [6.45, 7) is 1.76. The second kappa shape index (κ2) is 4.84. The first-order chi connectivity index (χ1) is 8.88. The number of hydrogen-bond donors (Lipinski definition) is 0. The van der Waals surface area contributed by atoms with Crippen molar-refractivity contribution in [3.8, 4) is 0 Å². The molecule has 1 heterocycles. The molecule has 0 saturated heterocycles. The number of carbonyl (C=O) groups excluding carboxylic acids is 1. The lowest BCUT2D eigenvalue weighted by molar-refractivity contribution is -0.137. The van der Waals surface area contributed by atoms with E-state index in [9.17, 15) is 18.0 Å². The Kier molecular flexibility index (Phi) is 3.38. The van der Waals surface area contributed by atoms with E-state index in [-0.39, 0.29) is 11.1 Å². The molecule has 5 heteroatoms. The minimum absolute atomic E-state index is 0.000443. The molecule has 19 heavy (non-hydrogen) atoms. The van der Waals surface area contributed by atoms with E-state index < -0.39 is 17.5 Å². The number of halogens is 3. The molecule has 0 spiro atoms. The van der Waals surface area contributed by atoms with Crippen molar-refractivity contribution >= 4 is 5.78 Å². The van der Waals surface area contributed by atoms with Crippen LogP contribution in [0.3, 0.4) is 0 Å². The van der Waals surface area contributed by atoms with E-state index in [1.807, 2.05) is 0 Å². The molecular weight excluding hydrogens is 255 g/mol. The predicted molar refractivity (Wildman–Crippen MR) is 63.9 cm³/mol. The van der Waals surface area contributed by atoms with E-state index in [1.165, 1.54) is 18.3 Å². The second-order valence-corrected chi connectivity index (χ2v) is 4.10. The zero-order chi connectivity index (χ0) is 14.0. The van der Waals surface area contributed by atoms with Crippen LogP contribution in [0.25, 0.3) is 0 Å². The molecule has 0 saturated carbocycles. The molecule has 0 bridgehead atoms. The average molecular weight is 265 g/mol. The number of pyridine rings is 1. The number of hydrogen-bond acceptors (Lipinski definition) is 2. The fourth-order valence-corrected chi connectivity index (χ4v) is 1.61. The van der Waals surface area contributed by atoms with Gasteiger partial charge in [0.25, 0.3) is 0 Å². The van der Waals surface area contributed by atoms with Crippen molar-refractivity contribution in [1.29, 1.82) is 0 Å². The number of benzene rings is 1. The lowest BCUT2D eigenvalue weighted by atomic mass is 10.0. The number of aromatic nitrogens is 1. The van der Waals surface area contributed by atoms with Crippen LogP contribution < -0.4 is 0 Å². The Morgan fingerprint density at radius 1 is 1.11 bits per heavy atom. The van der Waals surface area contributed by atoms with Gasteiger partial charge in [-0.25, -0.2) is 0 Å². The lowest BCUT2D eigenvalue weighted by Crippen LogP contribution is -2.08.